The second-order valence-corrected chi connectivity index (χ2v) is 8.11. The van der Waals surface area contributed by atoms with E-state index in [1.807, 2.05) is 47.3 Å². The lowest BCUT2D eigenvalue weighted by Gasteiger charge is -2.21. The third-order valence-electron chi connectivity index (χ3n) is 5.66. The number of hydrogen-bond acceptors (Lipinski definition) is 3. The van der Waals surface area contributed by atoms with Crippen LogP contribution in [0.25, 0.3) is 11.3 Å². The van der Waals surface area contributed by atoms with Crippen molar-refractivity contribution in [2.45, 2.75) is 32.5 Å². The molecule has 0 radical (unpaired) electrons. The minimum atomic E-state index is 0. The normalized spacial score (nSPS) is 13.7. The molecule has 0 atom stereocenters. The number of imidazole rings is 1. The maximum Gasteiger partial charge on any atom is 0.222 e. The van der Waals surface area contributed by atoms with Crippen molar-refractivity contribution in [1.29, 1.82) is 0 Å². The highest BCUT2D eigenvalue weighted by atomic mass is 127. The summed E-state index contributed by atoms with van der Waals surface area (Å²) >= 11 is 0. The number of H-pyrrole nitrogens is 1. The minimum absolute atomic E-state index is 0. The minimum Gasteiger partial charge on any atom is -0.352 e. The number of amides is 1. The Bertz CT molecular complexity index is 1080. The van der Waals surface area contributed by atoms with Gasteiger partial charge in [-0.3, -0.25) is 9.79 Å². The van der Waals surface area contributed by atoms with E-state index < -0.39 is 0 Å². The van der Waals surface area contributed by atoms with Crippen LogP contribution in [0.5, 0.6) is 0 Å². The SMILES string of the molecule is CN=C(NCc1cccc(CN2CCCC2=O)c1)N(C)Cc1ncc(-c2ccccc2)[nH]1.I. The zero-order valence-electron chi connectivity index (χ0n) is 19.1. The quantitative estimate of drug-likeness (QED) is 0.261. The van der Waals surface area contributed by atoms with Gasteiger partial charge >= 0.3 is 0 Å². The number of aromatic nitrogens is 2. The molecule has 0 aliphatic carbocycles. The largest absolute Gasteiger partial charge is 0.352 e. The summed E-state index contributed by atoms with van der Waals surface area (Å²) in [5.74, 6) is 1.93. The van der Waals surface area contributed by atoms with Gasteiger partial charge in [-0.1, -0.05) is 54.6 Å². The Labute approximate surface area is 212 Å². The average Bonchev–Trinajstić information content (AvgIpc) is 3.44. The Morgan fingerprint density at radius 2 is 1.97 bits per heavy atom. The zero-order chi connectivity index (χ0) is 22.3. The molecule has 1 saturated heterocycles. The molecule has 0 unspecified atom stereocenters. The van der Waals surface area contributed by atoms with E-state index in [0.29, 0.717) is 26.1 Å². The number of aliphatic imine (C=N–C) groups is 1. The molecule has 33 heavy (non-hydrogen) atoms. The van der Waals surface area contributed by atoms with Crippen molar-refractivity contribution in [3.8, 4) is 11.3 Å². The Balaban J connectivity index is 0.00000306. The van der Waals surface area contributed by atoms with Gasteiger partial charge in [0.05, 0.1) is 18.4 Å². The summed E-state index contributed by atoms with van der Waals surface area (Å²) in [5.41, 5.74) is 4.44. The molecule has 0 saturated carbocycles. The van der Waals surface area contributed by atoms with Crippen molar-refractivity contribution < 1.29 is 4.79 Å². The van der Waals surface area contributed by atoms with E-state index >= 15 is 0 Å². The lowest BCUT2D eigenvalue weighted by molar-refractivity contribution is -0.128. The van der Waals surface area contributed by atoms with Gasteiger partial charge in [0.25, 0.3) is 0 Å². The monoisotopic (exact) mass is 558 g/mol. The van der Waals surface area contributed by atoms with Crippen LogP contribution in [0.2, 0.25) is 0 Å². The van der Waals surface area contributed by atoms with Gasteiger partial charge in [-0.2, -0.15) is 0 Å². The molecule has 4 rings (SSSR count). The summed E-state index contributed by atoms with van der Waals surface area (Å²) in [6, 6.07) is 18.6. The average molecular weight is 558 g/mol. The number of hydrogen-bond donors (Lipinski definition) is 2. The van der Waals surface area contributed by atoms with E-state index in [4.69, 9.17) is 0 Å². The summed E-state index contributed by atoms with van der Waals surface area (Å²) in [6.07, 6.45) is 3.50. The van der Waals surface area contributed by atoms with Crippen molar-refractivity contribution in [2.24, 2.45) is 4.99 Å². The molecule has 8 heteroatoms. The van der Waals surface area contributed by atoms with Crippen molar-refractivity contribution in [2.75, 3.05) is 20.6 Å². The number of carbonyl (C=O) groups is 1. The zero-order valence-corrected chi connectivity index (χ0v) is 21.5. The van der Waals surface area contributed by atoms with Gasteiger partial charge in [0.15, 0.2) is 5.96 Å². The predicted molar refractivity (Wildman–Crippen MR) is 142 cm³/mol. The van der Waals surface area contributed by atoms with Crippen LogP contribution in [-0.4, -0.2) is 52.3 Å². The fraction of sp³-hybridized carbons (Fsp3) is 0.320. The molecule has 2 aromatic carbocycles. The first kappa shape index (κ1) is 24.8. The Morgan fingerprint density at radius 1 is 1.18 bits per heavy atom. The van der Waals surface area contributed by atoms with Crippen LogP contribution >= 0.6 is 24.0 Å². The van der Waals surface area contributed by atoms with Crippen LogP contribution in [0.15, 0.2) is 65.8 Å². The van der Waals surface area contributed by atoms with Gasteiger partial charge in [-0.05, 0) is 23.1 Å². The van der Waals surface area contributed by atoms with E-state index in [-0.39, 0.29) is 29.9 Å². The van der Waals surface area contributed by atoms with E-state index in [1.165, 1.54) is 0 Å². The molecule has 1 aliphatic rings. The van der Waals surface area contributed by atoms with Crippen molar-refractivity contribution in [3.63, 3.8) is 0 Å². The second-order valence-electron chi connectivity index (χ2n) is 8.11. The van der Waals surface area contributed by atoms with Gasteiger partial charge in [0, 0.05) is 40.2 Å². The third-order valence-corrected chi connectivity index (χ3v) is 5.66. The molecular formula is C25H31IN6O. The fourth-order valence-corrected chi connectivity index (χ4v) is 4.00. The number of nitrogens with one attached hydrogen (secondary N) is 2. The molecule has 1 aromatic heterocycles. The van der Waals surface area contributed by atoms with Crippen LogP contribution in [0.3, 0.4) is 0 Å². The van der Waals surface area contributed by atoms with Crippen LogP contribution in [0.4, 0.5) is 0 Å². The molecule has 2 heterocycles. The molecule has 0 spiro atoms. The topological polar surface area (TPSA) is 76.6 Å². The number of aromatic amines is 1. The summed E-state index contributed by atoms with van der Waals surface area (Å²) in [7, 11) is 3.78. The van der Waals surface area contributed by atoms with Gasteiger partial charge in [-0.15, -0.1) is 24.0 Å². The van der Waals surface area contributed by atoms with Crippen LogP contribution < -0.4 is 5.32 Å². The number of halogens is 1. The number of guanidine groups is 1. The molecule has 1 fully saturated rings. The van der Waals surface area contributed by atoms with Gasteiger partial charge in [0.2, 0.25) is 5.91 Å². The van der Waals surface area contributed by atoms with Crippen molar-refractivity contribution in [3.05, 3.63) is 77.7 Å². The first-order valence-corrected chi connectivity index (χ1v) is 11.0. The molecule has 0 bridgehead atoms. The Kier molecular flexibility index (Phi) is 8.87. The molecule has 3 aromatic rings. The van der Waals surface area contributed by atoms with Gasteiger partial charge < -0.3 is 20.1 Å². The van der Waals surface area contributed by atoms with Crippen LogP contribution in [-0.2, 0) is 24.4 Å². The molecule has 1 aliphatic heterocycles. The first-order chi connectivity index (χ1) is 15.6. The lowest BCUT2D eigenvalue weighted by atomic mass is 10.1. The number of benzene rings is 2. The maximum atomic E-state index is 11.9. The highest BCUT2D eigenvalue weighted by molar-refractivity contribution is 14.0. The highest BCUT2D eigenvalue weighted by Gasteiger charge is 2.20. The lowest BCUT2D eigenvalue weighted by Crippen LogP contribution is -2.38. The molecule has 174 valence electrons. The van der Waals surface area contributed by atoms with E-state index in [0.717, 1.165) is 47.1 Å². The second kappa shape index (κ2) is 11.8. The number of carbonyl (C=O) groups excluding carboxylic acids is 1. The smallest absolute Gasteiger partial charge is 0.222 e. The maximum absolute atomic E-state index is 11.9. The number of rotatable bonds is 7. The highest BCUT2D eigenvalue weighted by Crippen LogP contribution is 2.17. The fourth-order valence-electron chi connectivity index (χ4n) is 4.00. The molecule has 1 amide bonds. The number of likely N-dealkylation sites (tertiary alicyclic amines) is 1. The third kappa shape index (κ3) is 6.56. The predicted octanol–water partition coefficient (Wildman–Crippen LogP) is 4.02. The summed E-state index contributed by atoms with van der Waals surface area (Å²) in [5, 5.41) is 3.43. The van der Waals surface area contributed by atoms with Gasteiger partial charge in [-0.25, -0.2) is 4.98 Å². The van der Waals surface area contributed by atoms with Crippen LogP contribution in [0.1, 0.15) is 29.8 Å². The first-order valence-electron chi connectivity index (χ1n) is 11.0. The van der Waals surface area contributed by atoms with E-state index in [1.54, 1.807) is 7.05 Å². The standard InChI is InChI=1S/C25H30N6O.HI/c1-26-25(30(2)18-23-27-16-22(29-23)21-10-4-3-5-11-21)28-15-19-8-6-9-20(14-19)17-31-13-7-12-24(31)32;/h3-6,8-11,14,16H,7,12-13,15,17-18H2,1-2H3,(H,26,28)(H,27,29);1H. The summed E-state index contributed by atoms with van der Waals surface area (Å²) < 4.78 is 0. The summed E-state index contributed by atoms with van der Waals surface area (Å²) in [6.45, 7) is 2.82. The molecular weight excluding hydrogens is 527 g/mol. The van der Waals surface area contributed by atoms with Crippen molar-refractivity contribution >= 4 is 35.8 Å². The molecule has 2 N–H and O–H groups in total. The number of nitrogens with zero attached hydrogens (tertiary/aromatic N) is 4. The van der Waals surface area contributed by atoms with E-state index in [9.17, 15) is 4.79 Å². The molecule has 7 nitrogen and oxygen atoms in total. The van der Waals surface area contributed by atoms with E-state index in [2.05, 4.69) is 50.6 Å². The Hall–Kier alpha value is -2.88. The summed E-state index contributed by atoms with van der Waals surface area (Å²) in [4.78, 5) is 28.2. The van der Waals surface area contributed by atoms with Crippen molar-refractivity contribution in [1.82, 2.24) is 25.1 Å². The Morgan fingerprint density at radius 3 is 2.70 bits per heavy atom. The van der Waals surface area contributed by atoms with Gasteiger partial charge in [0.1, 0.15) is 5.82 Å². The van der Waals surface area contributed by atoms with Crippen LogP contribution in [0, 0.1) is 0 Å².